The lowest BCUT2D eigenvalue weighted by Gasteiger charge is -2.17. The van der Waals surface area contributed by atoms with E-state index in [4.69, 9.17) is 14.0 Å². The number of ether oxygens (including phenoxy) is 2. The molecule has 1 atom stereocenters. The van der Waals surface area contributed by atoms with Crippen LogP contribution in [0.2, 0.25) is 0 Å². The number of rotatable bonds is 7. The van der Waals surface area contributed by atoms with Gasteiger partial charge in [-0.15, -0.1) is 4.57 Å². The van der Waals surface area contributed by atoms with Crippen molar-refractivity contribution < 1.29 is 18.8 Å². The number of aryl methyl sites for hydroxylation is 3. The van der Waals surface area contributed by atoms with Crippen LogP contribution in [0.4, 0.5) is 5.69 Å². The highest BCUT2D eigenvalue weighted by Crippen LogP contribution is 2.27. The first kappa shape index (κ1) is 22.1. The van der Waals surface area contributed by atoms with Crippen LogP contribution >= 0.6 is 0 Å². The van der Waals surface area contributed by atoms with Crippen molar-refractivity contribution in [1.82, 2.24) is 9.56 Å². The molecule has 1 amide bonds. The summed E-state index contributed by atoms with van der Waals surface area (Å²) in [5.41, 5.74) is 3.12. The summed E-state index contributed by atoms with van der Waals surface area (Å²) in [6, 6.07) is 16.0. The number of aromatic nitrogens is 2. The fraction of sp³-hybridized carbons (Fsp3) is 0.240. The summed E-state index contributed by atoms with van der Waals surface area (Å²) in [5.74, 6) is 1.36. The van der Waals surface area contributed by atoms with E-state index in [9.17, 15) is 9.59 Å². The molecule has 0 radical (unpaired) electrons. The number of amides is 1. The molecular weight excluding hydrogens is 422 g/mol. The Hall–Kier alpha value is -4.07. The van der Waals surface area contributed by atoms with Crippen molar-refractivity contribution in [3.63, 3.8) is 0 Å². The summed E-state index contributed by atoms with van der Waals surface area (Å²) < 4.78 is 18.1. The van der Waals surface area contributed by atoms with Crippen LogP contribution < -0.4 is 20.3 Å². The molecule has 0 aliphatic carbocycles. The third kappa shape index (κ3) is 5.23. The van der Waals surface area contributed by atoms with Gasteiger partial charge in [0.25, 0.3) is 11.5 Å². The molecule has 1 unspecified atom stereocenters. The van der Waals surface area contributed by atoms with E-state index in [1.807, 2.05) is 50.2 Å². The predicted molar refractivity (Wildman–Crippen MR) is 124 cm³/mol. The maximum atomic E-state index is 12.8. The Morgan fingerprint density at radius 3 is 2.55 bits per heavy atom. The van der Waals surface area contributed by atoms with Crippen LogP contribution in [0, 0.1) is 20.8 Å². The van der Waals surface area contributed by atoms with E-state index in [2.05, 4.69) is 10.3 Å². The van der Waals surface area contributed by atoms with Gasteiger partial charge >= 0.3 is 0 Å². The molecule has 170 valence electrons. The van der Waals surface area contributed by atoms with Crippen molar-refractivity contribution >= 4 is 17.2 Å². The fourth-order valence-electron chi connectivity index (χ4n) is 3.28. The van der Waals surface area contributed by atoms with Crippen molar-refractivity contribution in [1.29, 1.82) is 0 Å². The molecule has 0 spiro atoms. The highest BCUT2D eigenvalue weighted by molar-refractivity contribution is 5.95. The van der Waals surface area contributed by atoms with E-state index in [0.717, 1.165) is 15.7 Å². The quantitative estimate of drug-likeness (QED) is 0.456. The first-order valence-electron chi connectivity index (χ1n) is 10.6. The molecular formula is C25H25N3O5. The molecule has 0 saturated heterocycles. The Bertz CT molecular complexity index is 1350. The molecule has 2 aromatic carbocycles. The first-order valence-corrected chi connectivity index (χ1v) is 10.6. The Morgan fingerprint density at radius 1 is 1.06 bits per heavy atom. The Kier molecular flexibility index (Phi) is 6.17. The molecule has 0 aliphatic rings. The average Bonchev–Trinajstić information content (AvgIpc) is 3.15. The van der Waals surface area contributed by atoms with Gasteiger partial charge in [0.2, 0.25) is 0 Å². The number of carbonyl (C=O) groups is 1. The molecule has 8 heteroatoms. The minimum atomic E-state index is -0.713. The summed E-state index contributed by atoms with van der Waals surface area (Å²) >= 11 is 0. The molecule has 0 saturated carbocycles. The van der Waals surface area contributed by atoms with Gasteiger partial charge in [-0.05, 0) is 57.5 Å². The van der Waals surface area contributed by atoms with E-state index in [-0.39, 0.29) is 18.1 Å². The van der Waals surface area contributed by atoms with E-state index in [1.165, 1.54) is 6.07 Å². The minimum absolute atomic E-state index is 0.0529. The molecule has 33 heavy (non-hydrogen) atoms. The molecule has 1 N–H and O–H groups in total. The van der Waals surface area contributed by atoms with Gasteiger partial charge in [-0.1, -0.05) is 23.8 Å². The molecule has 0 aliphatic heterocycles. The van der Waals surface area contributed by atoms with Gasteiger partial charge in [0, 0.05) is 12.1 Å². The maximum absolute atomic E-state index is 12.8. The molecule has 4 rings (SSSR count). The van der Waals surface area contributed by atoms with Crippen molar-refractivity contribution in [2.75, 3.05) is 5.32 Å². The van der Waals surface area contributed by atoms with Crippen LogP contribution in [0.25, 0.3) is 5.65 Å². The Balaban J connectivity index is 1.47. The van der Waals surface area contributed by atoms with Crippen molar-refractivity contribution in [3.05, 3.63) is 87.5 Å². The van der Waals surface area contributed by atoms with Gasteiger partial charge in [-0.3, -0.25) is 9.59 Å². The first-order chi connectivity index (χ1) is 15.8. The van der Waals surface area contributed by atoms with Crippen molar-refractivity contribution in [2.45, 2.75) is 40.4 Å². The van der Waals surface area contributed by atoms with Crippen LogP contribution in [0.15, 0.2) is 63.9 Å². The molecule has 8 nitrogen and oxygen atoms in total. The molecule has 2 heterocycles. The monoisotopic (exact) mass is 447 g/mol. The van der Waals surface area contributed by atoms with E-state index >= 15 is 0 Å². The molecule has 4 aromatic rings. The number of carbonyl (C=O) groups excluding carboxylic acids is 1. The third-order valence-corrected chi connectivity index (χ3v) is 5.00. The number of hydrogen-bond acceptors (Lipinski definition) is 6. The van der Waals surface area contributed by atoms with Gasteiger partial charge in [0.1, 0.15) is 23.9 Å². The topological polar surface area (TPSA) is 95.1 Å². The van der Waals surface area contributed by atoms with Gasteiger partial charge in [0.05, 0.1) is 11.4 Å². The predicted octanol–water partition coefficient (Wildman–Crippen LogP) is 4.20. The normalized spacial score (nSPS) is 11.9. The summed E-state index contributed by atoms with van der Waals surface area (Å²) in [4.78, 5) is 29.4. The zero-order chi connectivity index (χ0) is 23.5. The highest BCUT2D eigenvalue weighted by atomic mass is 16.5. The molecule has 0 fully saturated rings. The van der Waals surface area contributed by atoms with Crippen LogP contribution in [0.5, 0.6) is 11.5 Å². The number of hydrogen-bond donors (Lipinski definition) is 1. The number of nitrogens with one attached hydrogen (secondary N) is 1. The number of benzene rings is 2. The summed E-state index contributed by atoms with van der Waals surface area (Å²) in [6.07, 6.45) is -0.713. The van der Waals surface area contributed by atoms with Gasteiger partial charge < -0.3 is 19.3 Å². The standard InChI is InChI=1S/C25H25N3O5/c1-15-5-8-20(9-6-15)32-18(4)25(30)27-21-11-16(2)7-10-22(21)31-14-19-13-24(29)28-23(26-19)12-17(3)33-28/h5-13,18H,14H2,1-4H3,(H,27,30). The second kappa shape index (κ2) is 9.20. The lowest BCUT2D eigenvalue weighted by Crippen LogP contribution is -2.30. The van der Waals surface area contributed by atoms with Crippen LogP contribution in [0.3, 0.4) is 0 Å². The van der Waals surface area contributed by atoms with Gasteiger partial charge in [-0.25, -0.2) is 4.98 Å². The smallest absolute Gasteiger partial charge is 0.287 e. The van der Waals surface area contributed by atoms with Gasteiger partial charge in [0.15, 0.2) is 11.8 Å². The third-order valence-electron chi connectivity index (χ3n) is 5.00. The second-order valence-electron chi connectivity index (χ2n) is 7.94. The maximum Gasteiger partial charge on any atom is 0.287 e. The van der Waals surface area contributed by atoms with Crippen molar-refractivity contribution in [3.8, 4) is 11.5 Å². The zero-order valence-electron chi connectivity index (χ0n) is 18.9. The SMILES string of the molecule is Cc1ccc(OC(C)C(=O)Nc2cc(C)ccc2OCc2cc(=O)n3oc(C)cc3n2)cc1. The Morgan fingerprint density at radius 2 is 1.79 bits per heavy atom. The number of fused-ring (bicyclic) bond motifs is 1. The van der Waals surface area contributed by atoms with Gasteiger partial charge in [-0.2, -0.15) is 0 Å². The second-order valence-corrected chi connectivity index (χ2v) is 7.94. The van der Waals surface area contributed by atoms with Crippen molar-refractivity contribution in [2.24, 2.45) is 0 Å². The fourth-order valence-corrected chi connectivity index (χ4v) is 3.28. The number of anilines is 1. The Labute approximate surface area is 190 Å². The highest BCUT2D eigenvalue weighted by Gasteiger charge is 2.17. The van der Waals surface area contributed by atoms with Crippen LogP contribution in [0.1, 0.15) is 29.5 Å². The lowest BCUT2D eigenvalue weighted by atomic mass is 10.2. The van der Waals surface area contributed by atoms with E-state index in [0.29, 0.717) is 34.3 Å². The summed E-state index contributed by atoms with van der Waals surface area (Å²) in [6.45, 7) is 7.39. The van der Waals surface area contributed by atoms with Crippen LogP contribution in [-0.4, -0.2) is 21.6 Å². The molecule has 2 aromatic heterocycles. The minimum Gasteiger partial charge on any atom is -0.485 e. The summed E-state index contributed by atoms with van der Waals surface area (Å²) in [7, 11) is 0. The summed E-state index contributed by atoms with van der Waals surface area (Å²) in [5, 5.41) is 2.87. The zero-order valence-corrected chi connectivity index (χ0v) is 18.9. The number of nitrogens with zero attached hydrogens (tertiary/aromatic N) is 2. The van der Waals surface area contributed by atoms with E-state index < -0.39 is 6.10 Å². The van der Waals surface area contributed by atoms with E-state index in [1.54, 1.807) is 26.0 Å². The molecule has 0 bridgehead atoms. The van der Waals surface area contributed by atoms with Crippen LogP contribution in [-0.2, 0) is 11.4 Å². The average molecular weight is 447 g/mol. The lowest BCUT2D eigenvalue weighted by molar-refractivity contribution is -0.122. The largest absolute Gasteiger partial charge is 0.485 e.